The van der Waals surface area contributed by atoms with Gasteiger partial charge < -0.3 is 10.3 Å². The molecule has 27 heavy (non-hydrogen) atoms. The van der Waals surface area contributed by atoms with E-state index in [0.717, 1.165) is 4.57 Å². The van der Waals surface area contributed by atoms with Gasteiger partial charge in [-0.25, -0.2) is 18.4 Å². The molecule has 0 radical (unpaired) electrons. The van der Waals surface area contributed by atoms with Crippen molar-refractivity contribution in [1.29, 1.82) is 0 Å². The number of aromatic nitrogens is 2. The van der Waals surface area contributed by atoms with E-state index in [1.165, 1.54) is 24.3 Å². The molecular formula is C17H16N4O5S. The Hall–Kier alpha value is -3.24. The van der Waals surface area contributed by atoms with Crippen molar-refractivity contribution in [3.8, 4) is 0 Å². The quantitative estimate of drug-likeness (QED) is 0.568. The third-order valence-electron chi connectivity index (χ3n) is 3.80. The van der Waals surface area contributed by atoms with Crippen molar-refractivity contribution in [3.05, 3.63) is 74.9 Å². The second kappa shape index (κ2) is 7.17. The molecule has 1 amide bonds. The zero-order valence-electron chi connectivity index (χ0n) is 14.0. The van der Waals surface area contributed by atoms with Crippen LogP contribution < -0.4 is 21.7 Å². The van der Waals surface area contributed by atoms with E-state index >= 15 is 0 Å². The Morgan fingerprint density at radius 2 is 1.74 bits per heavy atom. The number of nitrogens with zero attached hydrogens (tertiary/aromatic N) is 1. The van der Waals surface area contributed by atoms with Gasteiger partial charge in [0.2, 0.25) is 15.9 Å². The number of primary sulfonamides is 1. The van der Waals surface area contributed by atoms with Gasteiger partial charge in [-0.1, -0.05) is 24.3 Å². The number of hydrogen-bond donors (Lipinski definition) is 3. The first-order chi connectivity index (χ1) is 12.7. The lowest BCUT2D eigenvalue weighted by atomic mass is 10.2. The lowest BCUT2D eigenvalue weighted by Gasteiger charge is -2.08. The van der Waals surface area contributed by atoms with E-state index in [-0.39, 0.29) is 5.75 Å². The SMILES string of the molecule is NS(=O)(=O)Cc1ccc(NC(=O)Cn2c(=O)[nH]c3ccccc3c2=O)cc1. The minimum atomic E-state index is -3.64. The molecule has 9 nitrogen and oxygen atoms in total. The summed E-state index contributed by atoms with van der Waals surface area (Å²) in [6, 6.07) is 12.5. The van der Waals surface area contributed by atoms with E-state index in [9.17, 15) is 22.8 Å². The maximum Gasteiger partial charge on any atom is 0.329 e. The smallest absolute Gasteiger partial charge is 0.325 e. The highest BCUT2D eigenvalue weighted by Crippen LogP contribution is 2.11. The molecule has 0 atom stereocenters. The highest BCUT2D eigenvalue weighted by atomic mass is 32.2. The number of H-pyrrole nitrogens is 1. The van der Waals surface area contributed by atoms with E-state index in [1.807, 2.05) is 0 Å². The Labute approximate surface area is 153 Å². The predicted octanol–water partition coefficient (Wildman–Crippen LogP) is 0.117. The molecule has 2 aromatic carbocycles. The minimum Gasteiger partial charge on any atom is -0.325 e. The van der Waals surface area contributed by atoms with Crippen LogP contribution in [0, 0.1) is 0 Å². The number of nitrogens with two attached hydrogens (primary N) is 1. The Balaban J connectivity index is 1.78. The van der Waals surface area contributed by atoms with Crippen molar-refractivity contribution < 1.29 is 13.2 Å². The molecule has 1 aromatic heterocycles. The molecule has 0 fully saturated rings. The van der Waals surface area contributed by atoms with Crippen LogP contribution in [0.3, 0.4) is 0 Å². The molecule has 140 valence electrons. The van der Waals surface area contributed by atoms with Crippen LogP contribution in [-0.2, 0) is 27.1 Å². The first-order valence-corrected chi connectivity index (χ1v) is 9.55. The average Bonchev–Trinajstić information content (AvgIpc) is 2.59. The van der Waals surface area contributed by atoms with E-state index in [4.69, 9.17) is 5.14 Å². The van der Waals surface area contributed by atoms with Crippen LogP contribution in [0.1, 0.15) is 5.56 Å². The summed E-state index contributed by atoms with van der Waals surface area (Å²) in [5.41, 5.74) is 0.0149. The van der Waals surface area contributed by atoms with Crippen LogP contribution in [0.2, 0.25) is 0 Å². The maximum absolute atomic E-state index is 12.4. The number of fused-ring (bicyclic) bond motifs is 1. The van der Waals surface area contributed by atoms with E-state index in [0.29, 0.717) is 22.2 Å². The average molecular weight is 388 g/mol. The summed E-state index contributed by atoms with van der Waals surface area (Å²) in [5.74, 6) is -0.889. The van der Waals surface area contributed by atoms with Crippen LogP contribution in [0.5, 0.6) is 0 Å². The summed E-state index contributed by atoms with van der Waals surface area (Å²) < 4.78 is 22.9. The van der Waals surface area contributed by atoms with Crippen LogP contribution in [0.25, 0.3) is 10.9 Å². The Morgan fingerprint density at radius 3 is 2.41 bits per heavy atom. The molecule has 0 bridgehead atoms. The normalized spacial score (nSPS) is 11.4. The molecule has 0 aliphatic heterocycles. The Morgan fingerprint density at radius 1 is 1.07 bits per heavy atom. The molecule has 10 heteroatoms. The van der Waals surface area contributed by atoms with Crippen molar-refractivity contribution in [1.82, 2.24) is 9.55 Å². The van der Waals surface area contributed by atoms with Crippen molar-refractivity contribution in [2.24, 2.45) is 5.14 Å². The number of para-hydroxylation sites is 1. The van der Waals surface area contributed by atoms with Crippen molar-refractivity contribution in [2.75, 3.05) is 5.32 Å². The molecule has 3 aromatic rings. The number of carbonyl (C=O) groups is 1. The number of amides is 1. The first kappa shape index (κ1) is 18.5. The first-order valence-electron chi connectivity index (χ1n) is 7.84. The minimum absolute atomic E-state index is 0.303. The van der Waals surface area contributed by atoms with E-state index < -0.39 is 33.7 Å². The number of benzene rings is 2. The molecular weight excluding hydrogens is 372 g/mol. The largest absolute Gasteiger partial charge is 0.329 e. The molecule has 0 aliphatic carbocycles. The summed E-state index contributed by atoms with van der Waals surface area (Å²) in [5, 5.41) is 7.83. The molecule has 0 saturated carbocycles. The highest BCUT2D eigenvalue weighted by Gasteiger charge is 2.12. The predicted molar refractivity (Wildman–Crippen MR) is 101 cm³/mol. The molecule has 0 saturated heterocycles. The number of nitrogens with one attached hydrogen (secondary N) is 2. The lowest BCUT2D eigenvalue weighted by Crippen LogP contribution is -2.38. The van der Waals surface area contributed by atoms with Crippen molar-refractivity contribution in [3.63, 3.8) is 0 Å². The van der Waals surface area contributed by atoms with Gasteiger partial charge in [-0.2, -0.15) is 0 Å². The van der Waals surface area contributed by atoms with Gasteiger partial charge in [0.25, 0.3) is 5.56 Å². The van der Waals surface area contributed by atoms with E-state index in [1.54, 1.807) is 24.3 Å². The van der Waals surface area contributed by atoms with Gasteiger partial charge in [-0.15, -0.1) is 0 Å². The zero-order valence-corrected chi connectivity index (χ0v) is 14.8. The van der Waals surface area contributed by atoms with Crippen LogP contribution in [0.15, 0.2) is 58.1 Å². The van der Waals surface area contributed by atoms with Crippen molar-refractivity contribution >= 4 is 32.5 Å². The second-order valence-corrected chi connectivity index (χ2v) is 7.53. The topological polar surface area (TPSA) is 144 Å². The van der Waals surface area contributed by atoms with Gasteiger partial charge in [0.05, 0.1) is 16.7 Å². The van der Waals surface area contributed by atoms with Crippen LogP contribution in [-0.4, -0.2) is 23.9 Å². The third-order valence-corrected chi connectivity index (χ3v) is 4.53. The molecule has 0 spiro atoms. The van der Waals surface area contributed by atoms with Gasteiger partial charge in [-0.3, -0.25) is 14.2 Å². The monoisotopic (exact) mass is 388 g/mol. The maximum atomic E-state index is 12.4. The summed E-state index contributed by atoms with van der Waals surface area (Å²) >= 11 is 0. The Kier molecular flexibility index (Phi) is 4.93. The number of anilines is 1. The van der Waals surface area contributed by atoms with Gasteiger partial charge in [0.15, 0.2) is 0 Å². The lowest BCUT2D eigenvalue weighted by molar-refractivity contribution is -0.116. The highest BCUT2D eigenvalue weighted by molar-refractivity contribution is 7.88. The van der Waals surface area contributed by atoms with Gasteiger partial charge in [-0.05, 0) is 29.8 Å². The summed E-state index contributed by atoms with van der Waals surface area (Å²) in [7, 11) is -3.64. The molecule has 0 aliphatic rings. The number of aromatic amines is 1. The van der Waals surface area contributed by atoms with Crippen LogP contribution in [0.4, 0.5) is 5.69 Å². The molecule has 4 N–H and O–H groups in total. The summed E-state index contributed by atoms with van der Waals surface area (Å²) in [6.45, 7) is -0.460. The van der Waals surface area contributed by atoms with Gasteiger partial charge in [0, 0.05) is 5.69 Å². The molecule has 1 heterocycles. The standard InChI is InChI=1S/C17H16N4O5S/c18-27(25,26)10-11-5-7-12(8-6-11)19-15(22)9-21-16(23)13-3-1-2-4-14(13)20-17(21)24/h1-8H,9-10H2,(H,19,22)(H,20,24)(H2,18,25,26). The van der Waals surface area contributed by atoms with Gasteiger partial charge >= 0.3 is 5.69 Å². The third kappa shape index (κ3) is 4.49. The fraction of sp³-hybridized carbons (Fsp3) is 0.118. The Bertz CT molecular complexity index is 1230. The van der Waals surface area contributed by atoms with Gasteiger partial charge in [0.1, 0.15) is 6.54 Å². The van der Waals surface area contributed by atoms with E-state index in [2.05, 4.69) is 10.3 Å². The zero-order chi connectivity index (χ0) is 19.6. The number of sulfonamides is 1. The summed E-state index contributed by atoms with van der Waals surface area (Å²) in [6.07, 6.45) is 0. The number of hydrogen-bond acceptors (Lipinski definition) is 5. The molecule has 3 rings (SSSR count). The second-order valence-electron chi connectivity index (χ2n) is 5.92. The van der Waals surface area contributed by atoms with Crippen LogP contribution >= 0.6 is 0 Å². The fourth-order valence-electron chi connectivity index (χ4n) is 2.60. The van der Waals surface area contributed by atoms with Crippen molar-refractivity contribution in [2.45, 2.75) is 12.3 Å². The summed E-state index contributed by atoms with van der Waals surface area (Å²) in [4.78, 5) is 39.2. The molecule has 0 unspecified atom stereocenters. The fourth-order valence-corrected chi connectivity index (χ4v) is 3.26. The number of carbonyl (C=O) groups excluding carboxylic acids is 1. The number of rotatable bonds is 5.